The minimum Gasteiger partial charge on any atom is -0.469 e. The zero-order valence-corrected chi connectivity index (χ0v) is 23.2. The van der Waals surface area contributed by atoms with Crippen molar-refractivity contribution >= 4 is 33.6 Å². The molecule has 2 aromatic rings. The molecule has 1 aliphatic rings. The largest absolute Gasteiger partial charge is 0.469 e. The SMILES string of the molecule is C=C1O[C@@H](n2cnc3c(N)ncnc32)[C@@H](O[Si](C)(C)C(C)(C)C)[C@@H]1O[Si](C)(C)C(C)(C)C. The lowest BCUT2D eigenvalue weighted by Gasteiger charge is -2.43. The van der Waals surface area contributed by atoms with Gasteiger partial charge in [-0.15, -0.1) is 0 Å². The third-order valence-electron chi connectivity index (χ3n) is 7.29. The van der Waals surface area contributed by atoms with Crippen molar-refractivity contribution < 1.29 is 13.6 Å². The molecule has 3 heterocycles. The summed E-state index contributed by atoms with van der Waals surface area (Å²) in [5, 5.41) is 0.0584. The first-order chi connectivity index (χ1) is 14.5. The summed E-state index contributed by atoms with van der Waals surface area (Å²) in [6.07, 6.45) is 1.85. The molecule has 1 aliphatic heterocycles. The zero-order valence-electron chi connectivity index (χ0n) is 21.2. The Labute approximate surface area is 193 Å². The summed E-state index contributed by atoms with van der Waals surface area (Å²) in [5.74, 6) is 0.911. The number of imidazole rings is 1. The van der Waals surface area contributed by atoms with Gasteiger partial charge in [0.25, 0.3) is 0 Å². The molecule has 8 nitrogen and oxygen atoms in total. The molecule has 3 atom stereocenters. The fraction of sp³-hybridized carbons (Fsp3) is 0.682. The van der Waals surface area contributed by atoms with Gasteiger partial charge in [-0.25, -0.2) is 15.0 Å². The maximum atomic E-state index is 6.95. The minimum atomic E-state index is -2.17. The molecule has 0 bridgehead atoms. The van der Waals surface area contributed by atoms with Gasteiger partial charge in [0.15, 0.2) is 28.1 Å². The van der Waals surface area contributed by atoms with Crippen molar-refractivity contribution in [1.29, 1.82) is 0 Å². The Kier molecular flexibility index (Phi) is 6.16. The smallest absolute Gasteiger partial charge is 0.206 e. The summed E-state index contributed by atoms with van der Waals surface area (Å²) >= 11 is 0. The maximum Gasteiger partial charge on any atom is 0.206 e. The van der Waals surface area contributed by atoms with Crippen LogP contribution in [-0.2, 0) is 13.6 Å². The number of nitrogen functional groups attached to an aromatic ring is 1. The van der Waals surface area contributed by atoms with E-state index in [1.165, 1.54) is 6.33 Å². The number of fused-ring (bicyclic) bond motifs is 1. The fourth-order valence-corrected chi connectivity index (χ4v) is 5.69. The highest BCUT2D eigenvalue weighted by Gasteiger charge is 2.52. The molecule has 0 spiro atoms. The highest BCUT2D eigenvalue weighted by Crippen LogP contribution is 2.46. The summed E-state index contributed by atoms with van der Waals surface area (Å²) in [5.41, 5.74) is 7.17. The van der Waals surface area contributed by atoms with Crippen molar-refractivity contribution in [1.82, 2.24) is 19.5 Å². The molecular formula is C22H39N5O3Si2. The van der Waals surface area contributed by atoms with E-state index in [0.717, 1.165) is 0 Å². The molecule has 3 rings (SSSR count). The average molecular weight is 478 g/mol. The molecule has 0 radical (unpaired) electrons. The number of aromatic nitrogens is 4. The third kappa shape index (κ3) is 4.37. The normalized spacial score (nSPS) is 23.1. The van der Waals surface area contributed by atoms with Crippen LogP contribution in [0.5, 0.6) is 0 Å². The van der Waals surface area contributed by atoms with Crippen LogP contribution in [0.2, 0.25) is 36.3 Å². The van der Waals surface area contributed by atoms with E-state index in [4.69, 9.17) is 19.3 Å². The second kappa shape index (κ2) is 7.93. The predicted molar refractivity (Wildman–Crippen MR) is 133 cm³/mol. The number of hydrogen-bond acceptors (Lipinski definition) is 7. The number of rotatable bonds is 5. The molecule has 178 valence electrons. The van der Waals surface area contributed by atoms with Gasteiger partial charge in [0.05, 0.1) is 0 Å². The summed E-state index contributed by atoms with van der Waals surface area (Å²) in [4.78, 5) is 12.9. The second-order valence-corrected chi connectivity index (χ2v) is 21.2. The molecule has 0 aromatic carbocycles. The standard InChI is InChI=1S/C22H39N5O3Si2/c1-14-16(29-31(8,9)21(2,3)4)17(30-32(10,11)22(5,6)7)20(28-14)27-13-26-15-18(23)24-12-25-19(15)27/h12-13,16-17,20H,1H2,2-11H3,(H2,23,24,25)/t16-,17+,20-/m1/s1. The first kappa shape index (κ1) is 24.9. The van der Waals surface area contributed by atoms with E-state index < -0.39 is 22.9 Å². The van der Waals surface area contributed by atoms with Gasteiger partial charge in [-0.05, 0) is 36.3 Å². The molecule has 0 unspecified atom stereocenters. The quantitative estimate of drug-likeness (QED) is 0.589. The fourth-order valence-electron chi connectivity index (χ4n) is 3.16. The van der Waals surface area contributed by atoms with Crippen LogP contribution in [-0.4, -0.2) is 48.4 Å². The lowest BCUT2D eigenvalue weighted by Crippen LogP contribution is -2.52. The van der Waals surface area contributed by atoms with E-state index in [1.54, 1.807) is 6.33 Å². The van der Waals surface area contributed by atoms with Crippen LogP contribution >= 0.6 is 0 Å². The van der Waals surface area contributed by atoms with Gasteiger partial charge in [0.1, 0.15) is 36.1 Å². The molecule has 10 heteroatoms. The zero-order chi connectivity index (χ0) is 24.3. The van der Waals surface area contributed by atoms with Crippen LogP contribution in [0.1, 0.15) is 47.8 Å². The molecule has 2 N–H and O–H groups in total. The van der Waals surface area contributed by atoms with E-state index in [9.17, 15) is 0 Å². The highest BCUT2D eigenvalue weighted by atomic mass is 28.4. The molecule has 0 saturated carbocycles. The number of nitrogens with two attached hydrogens (primary N) is 1. The van der Waals surface area contributed by atoms with Gasteiger partial charge < -0.3 is 19.3 Å². The van der Waals surface area contributed by atoms with Crippen molar-refractivity contribution in [3.8, 4) is 0 Å². The minimum absolute atomic E-state index is 0.0204. The van der Waals surface area contributed by atoms with Gasteiger partial charge >= 0.3 is 0 Å². The second-order valence-electron chi connectivity index (χ2n) is 11.7. The summed E-state index contributed by atoms with van der Waals surface area (Å²) < 4.78 is 22.0. The Bertz CT molecular complexity index is 1010. The van der Waals surface area contributed by atoms with E-state index in [1.807, 2.05) is 4.57 Å². The molecule has 1 fully saturated rings. The van der Waals surface area contributed by atoms with Gasteiger partial charge in [-0.1, -0.05) is 48.1 Å². The third-order valence-corrected chi connectivity index (χ3v) is 16.2. The Morgan fingerprint density at radius 3 is 2.09 bits per heavy atom. The number of hydrogen-bond donors (Lipinski definition) is 1. The molecule has 1 saturated heterocycles. The van der Waals surface area contributed by atoms with Crippen LogP contribution in [0.25, 0.3) is 11.2 Å². The predicted octanol–water partition coefficient (Wildman–Crippen LogP) is 5.23. The van der Waals surface area contributed by atoms with Crippen LogP contribution in [0, 0.1) is 0 Å². The van der Waals surface area contributed by atoms with Crippen LogP contribution < -0.4 is 5.73 Å². The van der Waals surface area contributed by atoms with E-state index >= 15 is 0 Å². The first-order valence-corrected chi connectivity index (χ1v) is 16.9. The molecular weight excluding hydrogens is 438 g/mol. The topological polar surface area (TPSA) is 97.3 Å². The maximum absolute atomic E-state index is 6.95. The van der Waals surface area contributed by atoms with Crippen molar-refractivity contribution in [2.24, 2.45) is 0 Å². The molecule has 32 heavy (non-hydrogen) atoms. The van der Waals surface area contributed by atoms with Gasteiger partial charge in [0, 0.05) is 0 Å². The lowest BCUT2D eigenvalue weighted by molar-refractivity contribution is -0.00170. The monoisotopic (exact) mass is 477 g/mol. The van der Waals surface area contributed by atoms with E-state index in [-0.39, 0.29) is 22.3 Å². The summed E-state index contributed by atoms with van der Waals surface area (Å²) in [7, 11) is -4.30. The summed E-state index contributed by atoms with van der Waals surface area (Å²) in [6.45, 7) is 26.5. The molecule has 2 aromatic heterocycles. The Morgan fingerprint density at radius 2 is 1.53 bits per heavy atom. The van der Waals surface area contributed by atoms with Crippen molar-refractivity contribution in [3.05, 3.63) is 25.0 Å². The van der Waals surface area contributed by atoms with Crippen LogP contribution in [0.3, 0.4) is 0 Å². The molecule has 0 aliphatic carbocycles. The average Bonchev–Trinajstić information content (AvgIpc) is 3.16. The van der Waals surface area contributed by atoms with Gasteiger partial charge in [0.2, 0.25) is 6.23 Å². The van der Waals surface area contributed by atoms with Crippen molar-refractivity contribution in [2.75, 3.05) is 5.73 Å². The Morgan fingerprint density at radius 1 is 0.969 bits per heavy atom. The van der Waals surface area contributed by atoms with Crippen molar-refractivity contribution in [2.45, 2.75) is 96.2 Å². The Hall–Kier alpha value is -1.76. The van der Waals surface area contributed by atoms with Crippen LogP contribution in [0.15, 0.2) is 25.0 Å². The lowest BCUT2D eigenvalue weighted by atomic mass is 10.2. The number of ether oxygens (including phenoxy) is 1. The van der Waals surface area contributed by atoms with Gasteiger partial charge in [-0.3, -0.25) is 4.57 Å². The molecule has 0 amide bonds. The highest BCUT2D eigenvalue weighted by molar-refractivity contribution is 6.74. The van der Waals surface area contributed by atoms with E-state index in [0.29, 0.717) is 22.7 Å². The van der Waals surface area contributed by atoms with Crippen LogP contribution in [0.4, 0.5) is 5.82 Å². The first-order valence-electron chi connectivity index (χ1n) is 11.1. The Balaban J connectivity index is 2.08. The van der Waals surface area contributed by atoms with E-state index in [2.05, 4.69) is 89.3 Å². The number of anilines is 1. The summed E-state index contributed by atoms with van der Waals surface area (Å²) in [6, 6.07) is 0. The van der Waals surface area contributed by atoms with Crippen molar-refractivity contribution in [3.63, 3.8) is 0 Å². The van der Waals surface area contributed by atoms with Gasteiger partial charge in [-0.2, -0.15) is 0 Å². The number of nitrogens with zero attached hydrogens (tertiary/aromatic N) is 4.